The van der Waals surface area contributed by atoms with Gasteiger partial charge in [-0.05, 0) is 52.3 Å². The van der Waals surface area contributed by atoms with Crippen LogP contribution in [-0.2, 0) is 43.7 Å². The quantitative estimate of drug-likeness (QED) is 0.0750. The summed E-state index contributed by atoms with van der Waals surface area (Å²) in [5.74, 6) is -1.18. The molecule has 264 valence electrons. The molecule has 0 radical (unpaired) electrons. The number of aliphatic carboxylic acids is 1. The minimum absolute atomic E-state index is 0.0881. The summed E-state index contributed by atoms with van der Waals surface area (Å²) in [6.45, 7) is 7.04. The van der Waals surface area contributed by atoms with Crippen LogP contribution in [-0.4, -0.2) is 59.4 Å². The lowest BCUT2D eigenvalue weighted by Crippen LogP contribution is -2.47. The largest absolute Gasteiger partial charge is 0.510 e. The van der Waals surface area contributed by atoms with Crippen LogP contribution in [0.3, 0.4) is 0 Å². The third-order valence-corrected chi connectivity index (χ3v) is 7.81. The van der Waals surface area contributed by atoms with Crippen LogP contribution in [0.5, 0.6) is 0 Å². The van der Waals surface area contributed by atoms with Crippen LogP contribution >= 0.6 is 0 Å². The molecule has 3 aromatic carbocycles. The first-order chi connectivity index (χ1) is 24.0. The Kier molecular flexibility index (Phi) is 12.9. The van der Waals surface area contributed by atoms with Crippen LogP contribution < -0.4 is 0 Å². The molecule has 0 fully saturated rings. The summed E-state index contributed by atoms with van der Waals surface area (Å²) in [5, 5.41) is 32.1. The van der Waals surface area contributed by atoms with E-state index in [4.69, 9.17) is 9.47 Å². The molecule has 0 saturated heterocycles. The average Bonchev–Trinajstić information content (AvgIpc) is 3.59. The number of carboxylic acids is 1. The molecule has 0 aliphatic carbocycles. The summed E-state index contributed by atoms with van der Waals surface area (Å²) < 4.78 is 10.5. The molecule has 0 aliphatic heterocycles. The van der Waals surface area contributed by atoms with Crippen molar-refractivity contribution < 1.29 is 38.9 Å². The smallest absolute Gasteiger partial charge is 0.480 e. The van der Waals surface area contributed by atoms with Gasteiger partial charge in [0.2, 0.25) is 18.0 Å². The van der Waals surface area contributed by atoms with Crippen LogP contribution in [0, 0.1) is 16.0 Å². The minimum atomic E-state index is -1.03. The molecular weight excluding hydrogens is 648 g/mol. The summed E-state index contributed by atoms with van der Waals surface area (Å²) in [7, 11) is 0. The highest BCUT2D eigenvalue weighted by Gasteiger charge is 2.32. The standard InChI is InChI=1S/C35H40N6O9/c1-5-6-11-31(42)39(32(23(2)3)34(43)44)20-25-16-18-28(19-17-25)29-9-7-8-10-30(29)33-36-38-40(37-33)24(4)50-35(45)48-21-26-12-14-27(15-13-26)22-49-41(46)47/h7-10,12-19,23-24,32H,5-6,11,20-22H2,1-4H3,(H,43,44)/t24?,32-/m1/s1. The fourth-order valence-electron chi connectivity index (χ4n) is 5.22. The Bertz CT molecular complexity index is 1760. The van der Waals surface area contributed by atoms with Crippen molar-refractivity contribution in [1.82, 2.24) is 25.1 Å². The number of rotatable bonds is 17. The third-order valence-electron chi connectivity index (χ3n) is 7.81. The van der Waals surface area contributed by atoms with E-state index in [-0.39, 0.29) is 31.6 Å². The molecule has 15 nitrogen and oxygen atoms in total. The number of amides is 1. The highest BCUT2D eigenvalue weighted by atomic mass is 16.9. The number of benzene rings is 3. The normalized spacial score (nSPS) is 12.2. The topological polar surface area (TPSA) is 189 Å². The van der Waals surface area contributed by atoms with Crippen molar-refractivity contribution in [2.45, 2.75) is 79.0 Å². The van der Waals surface area contributed by atoms with Crippen LogP contribution in [0.1, 0.15) is 69.9 Å². The van der Waals surface area contributed by atoms with E-state index in [1.165, 1.54) is 4.90 Å². The monoisotopic (exact) mass is 688 g/mol. The summed E-state index contributed by atoms with van der Waals surface area (Å²) in [6, 6.07) is 20.6. The zero-order chi connectivity index (χ0) is 36.2. The van der Waals surface area contributed by atoms with Gasteiger partial charge >= 0.3 is 12.1 Å². The second kappa shape index (κ2) is 17.5. The number of aromatic nitrogens is 4. The first kappa shape index (κ1) is 37.0. The molecule has 0 bridgehead atoms. The number of carbonyl (C=O) groups excluding carboxylic acids is 2. The number of hydrogen-bond donors (Lipinski definition) is 1. The third kappa shape index (κ3) is 10.1. The van der Waals surface area contributed by atoms with Crippen LogP contribution in [0.25, 0.3) is 22.5 Å². The molecule has 1 aromatic heterocycles. The average molecular weight is 689 g/mol. The van der Waals surface area contributed by atoms with E-state index in [0.717, 1.165) is 27.9 Å². The van der Waals surface area contributed by atoms with Gasteiger partial charge in [-0.2, -0.15) is 0 Å². The lowest BCUT2D eigenvalue weighted by Gasteiger charge is -2.32. The van der Waals surface area contributed by atoms with E-state index in [9.17, 15) is 29.6 Å². The van der Waals surface area contributed by atoms with Gasteiger partial charge in [-0.25, -0.2) is 9.59 Å². The first-order valence-corrected chi connectivity index (χ1v) is 16.2. The lowest BCUT2D eigenvalue weighted by molar-refractivity contribution is -0.763. The molecule has 0 spiro atoms. The maximum Gasteiger partial charge on any atom is 0.510 e. The Morgan fingerprint density at radius 1 is 0.920 bits per heavy atom. The molecular formula is C35H40N6O9. The number of unbranched alkanes of at least 4 members (excludes halogenated alkanes) is 1. The number of carbonyl (C=O) groups is 3. The van der Waals surface area contributed by atoms with Crippen molar-refractivity contribution in [3.8, 4) is 22.5 Å². The Balaban J connectivity index is 1.42. The van der Waals surface area contributed by atoms with Gasteiger partial charge in [0.1, 0.15) is 19.3 Å². The summed E-state index contributed by atoms with van der Waals surface area (Å²) in [6.07, 6.45) is -0.0859. The summed E-state index contributed by atoms with van der Waals surface area (Å²) >= 11 is 0. The van der Waals surface area contributed by atoms with Crippen molar-refractivity contribution in [3.05, 3.63) is 99.6 Å². The van der Waals surface area contributed by atoms with Crippen molar-refractivity contribution in [3.63, 3.8) is 0 Å². The van der Waals surface area contributed by atoms with Crippen molar-refractivity contribution >= 4 is 18.0 Å². The summed E-state index contributed by atoms with van der Waals surface area (Å²) in [5.41, 5.74) is 4.35. The molecule has 1 amide bonds. The van der Waals surface area contributed by atoms with Crippen LogP contribution in [0.2, 0.25) is 0 Å². The van der Waals surface area contributed by atoms with E-state index >= 15 is 0 Å². The Hall–Kier alpha value is -5.86. The maximum atomic E-state index is 13.1. The number of ether oxygens (including phenoxy) is 2. The molecule has 0 saturated carbocycles. The van der Waals surface area contributed by atoms with Gasteiger partial charge in [0.05, 0.1) is 0 Å². The van der Waals surface area contributed by atoms with E-state index in [2.05, 4.69) is 20.2 Å². The molecule has 1 N–H and O–H groups in total. The number of carboxylic acid groups (broad SMARTS) is 1. The Morgan fingerprint density at radius 2 is 1.54 bits per heavy atom. The zero-order valence-electron chi connectivity index (χ0n) is 28.3. The van der Waals surface area contributed by atoms with Gasteiger partial charge in [0.15, 0.2) is 0 Å². The Morgan fingerprint density at radius 3 is 2.14 bits per heavy atom. The molecule has 2 atom stereocenters. The molecule has 0 aliphatic rings. The van der Waals surface area contributed by atoms with Gasteiger partial charge in [-0.3, -0.25) is 4.79 Å². The second-order valence-electron chi connectivity index (χ2n) is 11.9. The second-order valence-corrected chi connectivity index (χ2v) is 11.9. The van der Waals surface area contributed by atoms with Crippen molar-refractivity contribution in [1.29, 1.82) is 0 Å². The zero-order valence-corrected chi connectivity index (χ0v) is 28.3. The van der Waals surface area contributed by atoms with E-state index in [0.29, 0.717) is 35.4 Å². The van der Waals surface area contributed by atoms with Crippen molar-refractivity contribution in [2.24, 2.45) is 5.92 Å². The number of tetrazole rings is 1. The highest BCUT2D eigenvalue weighted by molar-refractivity contribution is 5.84. The fourth-order valence-corrected chi connectivity index (χ4v) is 5.22. The molecule has 50 heavy (non-hydrogen) atoms. The van der Waals surface area contributed by atoms with Gasteiger partial charge in [0, 0.05) is 18.5 Å². The first-order valence-electron chi connectivity index (χ1n) is 16.2. The van der Waals surface area contributed by atoms with Gasteiger partial charge in [0.25, 0.3) is 5.09 Å². The van der Waals surface area contributed by atoms with Gasteiger partial charge in [-0.15, -0.1) is 25.1 Å². The van der Waals surface area contributed by atoms with Crippen LogP contribution in [0.4, 0.5) is 4.79 Å². The van der Waals surface area contributed by atoms with Crippen LogP contribution in [0.15, 0.2) is 72.8 Å². The van der Waals surface area contributed by atoms with Gasteiger partial charge in [-0.1, -0.05) is 100.0 Å². The van der Waals surface area contributed by atoms with Gasteiger partial charge < -0.3 is 24.3 Å². The Labute approximate surface area is 288 Å². The minimum Gasteiger partial charge on any atom is -0.480 e. The SMILES string of the molecule is CCCCC(=O)N(Cc1ccc(-c2ccccc2-c2nnn(C(C)OC(=O)OCc3ccc(CO[N+](=O)[O-])cc3)n2)cc1)[C@@H](C(=O)O)C(C)C. The molecule has 1 unspecified atom stereocenters. The lowest BCUT2D eigenvalue weighted by atomic mass is 9.97. The van der Waals surface area contributed by atoms with E-state index < -0.39 is 29.5 Å². The van der Waals surface area contributed by atoms with E-state index in [1.54, 1.807) is 45.0 Å². The predicted molar refractivity (Wildman–Crippen MR) is 179 cm³/mol. The molecule has 1 heterocycles. The maximum absolute atomic E-state index is 13.1. The number of nitrogens with zero attached hydrogens (tertiary/aromatic N) is 6. The van der Waals surface area contributed by atoms with E-state index in [1.807, 2.05) is 55.5 Å². The fraction of sp³-hybridized carbons (Fsp3) is 0.371. The molecule has 15 heteroatoms. The summed E-state index contributed by atoms with van der Waals surface area (Å²) in [4.78, 5) is 54.9. The molecule has 4 rings (SSSR count). The predicted octanol–water partition coefficient (Wildman–Crippen LogP) is 6.22. The highest BCUT2D eigenvalue weighted by Crippen LogP contribution is 2.31. The van der Waals surface area contributed by atoms with Crippen molar-refractivity contribution in [2.75, 3.05) is 0 Å². The number of hydrogen-bond acceptors (Lipinski definition) is 11. The molecule has 4 aromatic rings.